The highest BCUT2D eigenvalue weighted by atomic mass is 16.7. The molecule has 0 radical (unpaired) electrons. The molecule has 0 rings (SSSR count). The summed E-state index contributed by atoms with van der Waals surface area (Å²) in [6, 6.07) is 0. The summed E-state index contributed by atoms with van der Waals surface area (Å²) >= 11 is 0. The van der Waals surface area contributed by atoms with Crippen LogP contribution in [0.3, 0.4) is 0 Å². The first kappa shape index (κ1) is 80.5. The van der Waals surface area contributed by atoms with Crippen molar-refractivity contribution in [3.63, 3.8) is 0 Å². The Bertz CT molecular complexity index is 1650. The van der Waals surface area contributed by atoms with E-state index >= 15 is 0 Å². The summed E-state index contributed by atoms with van der Waals surface area (Å²) in [6.07, 6.45) is 85.6. The van der Waals surface area contributed by atoms with Crippen LogP contribution in [-0.4, -0.2) is 87.4 Å². The standard InChI is InChI=1S/C75H133NO8/c1-6-8-10-12-14-16-18-20-22-24-26-28-30-32-34-36-38-39-41-43-45-47-49-51-53-55-57-59-61-63-65-72(77)82-69-71(70-83-75(74(79)80)81-68-67-76(3,4)5)84-73(78)66-64-62-60-58-56-54-52-50-48-46-44-42-40-37-35-33-31-29-27-25-23-21-19-17-15-13-11-9-7-2/h9,11,15,17,21,23,27,29,33,35,40,42,46,48,71,75H,6-8,10,12-14,16,18-20,22,24-26,28,30-32,34,36-39,41,43-45,47,49-70H2,1-5H3/p+1/b11-9-,17-15-,23-21-,29-27-,35-33-,42-40-,48-46-. The van der Waals surface area contributed by atoms with Crippen molar-refractivity contribution in [2.45, 2.75) is 328 Å². The monoisotopic (exact) mass is 1180 g/mol. The second-order valence-corrected chi connectivity index (χ2v) is 24.8. The van der Waals surface area contributed by atoms with Crippen LogP contribution >= 0.6 is 0 Å². The predicted octanol–water partition coefficient (Wildman–Crippen LogP) is 21.9. The molecule has 0 bridgehead atoms. The Morgan fingerprint density at radius 2 is 0.679 bits per heavy atom. The number of nitrogens with zero attached hydrogens (tertiary/aromatic N) is 1. The van der Waals surface area contributed by atoms with Gasteiger partial charge in [0.15, 0.2) is 6.10 Å². The van der Waals surface area contributed by atoms with Crippen LogP contribution in [0.15, 0.2) is 85.1 Å². The summed E-state index contributed by atoms with van der Waals surface area (Å²) in [7, 11) is 5.98. The van der Waals surface area contributed by atoms with E-state index in [0.29, 0.717) is 23.9 Å². The van der Waals surface area contributed by atoms with Crippen molar-refractivity contribution < 1.29 is 42.9 Å². The maximum Gasteiger partial charge on any atom is 0.361 e. The number of allylic oxidation sites excluding steroid dienone is 14. The number of ether oxygens (including phenoxy) is 4. The van der Waals surface area contributed by atoms with Crippen LogP contribution in [0, 0.1) is 0 Å². The summed E-state index contributed by atoms with van der Waals surface area (Å²) in [5.41, 5.74) is 0. The zero-order chi connectivity index (χ0) is 61.2. The van der Waals surface area contributed by atoms with E-state index in [4.69, 9.17) is 18.9 Å². The molecule has 0 heterocycles. The van der Waals surface area contributed by atoms with Crippen LogP contribution in [-0.2, 0) is 33.3 Å². The number of likely N-dealkylation sites (N-methyl/N-ethyl adjacent to an activating group) is 1. The summed E-state index contributed by atoms with van der Waals surface area (Å²) in [5.74, 6) is -2.01. The first-order valence-electron chi connectivity index (χ1n) is 35.3. The van der Waals surface area contributed by atoms with Gasteiger partial charge in [0.25, 0.3) is 6.29 Å². The Kier molecular flexibility index (Phi) is 62.7. The second-order valence-electron chi connectivity index (χ2n) is 24.8. The lowest BCUT2D eigenvalue weighted by molar-refractivity contribution is -0.870. The number of unbranched alkanes of at least 4 members (excludes halogenated alkanes) is 36. The fourth-order valence-electron chi connectivity index (χ4n) is 10.1. The highest BCUT2D eigenvalue weighted by Gasteiger charge is 2.25. The minimum absolute atomic E-state index is 0.183. The maximum atomic E-state index is 12.9. The van der Waals surface area contributed by atoms with E-state index in [-0.39, 0.29) is 32.2 Å². The van der Waals surface area contributed by atoms with Gasteiger partial charge in [-0.05, 0) is 70.6 Å². The number of carbonyl (C=O) groups is 3. The second kappa shape index (κ2) is 65.4. The zero-order valence-corrected chi connectivity index (χ0v) is 55.6. The van der Waals surface area contributed by atoms with Gasteiger partial charge >= 0.3 is 17.9 Å². The highest BCUT2D eigenvalue weighted by Crippen LogP contribution is 2.18. The van der Waals surface area contributed by atoms with E-state index in [2.05, 4.69) is 98.9 Å². The van der Waals surface area contributed by atoms with Gasteiger partial charge in [0.05, 0.1) is 34.4 Å². The third-order valence-corrected chi connectivity index (χ3v) is 15.4. The van der Waals surface area contributed by atoms with Crippen LogP contribution in [0.1, 0.15) is 316 Å². The molecular weight excluding hydrogens is 1040 g/mol. The molecule has 0 aliphatic heterocycles. The first-order valence-corrected chi connectivity index (χ1v) is 35.3. The molecule has 0 aliphatic rings. The van der Waals surface area contributed by atoms with Gasteiger partial charge in [0.2, 0.25) is 0 Å². The number of rotatable bonds is 65. The van der Waals surface area contributed by atoms with E-state index < -0.39 is 24.3 Å². The van der Waals surface area contributed by atoms with Gasteiger partial charge in [-0.3, -0.25) is 9.59 Å². The molecule has 9 heteroatoms. The molecule has 0 saturated heterocycles. The topological polar surface area (TPSA) is 108 Å². The van der Waals surface area contributed by atoms with E-state index in [1.165, 1.54) is 193 Å². The molecule has 1 N–H and O–H groups in total. The van der Waals surface area contributed by atoms with Gasteiger partial charge in [-0.2, -0.15) is 0 Å². The van der Waals surface area contributed by atoms with Crippen LogP contribution < -0.4 is 0 Å². The Balaban J connectivity index is 4.14. The number of carboxylic acid groups (broad SMARTS) is 1. The third-order valence-electron chi connectivity index (χ3n) is 15.4. The molecule has 0 fully saturated rings. The van der Waals surface area contributed by atoms with E-state index in [1.807, 2.05) is 21.1 Å². The van der Waals surface area contributed by atoms with Gasteiger partial charge in [-0.1, -0.05) is 317 Å². The summed E-state index contributed by atoms with van der Waals surface area (Å²) in [5, 5.41) is 9.75. The van der Waals surface area contributed by atoms with Gasteiger partial charge in [-0.15, -0.1) is 0 Å². The van der Waals surface area contributed by atoms with Crippen molar-refractivity contribution in [2.24, 2.45) is 0 Å². The van der Waals surface area contributed by atoms with E-state index in [9.17, 15) is 19.5 Å². The highest BCUT2D eigenvalue weighted by molar-refractivity contribution is 5.71. The van der Waals surface area contributed by atoms with Gasteiger partial charge in [0, 0.05) is 12.8 Å². The summed E-state index contributed by atoms with van der Waals surface area (Å²) in [6.45, 7) is 4.79. The fraction of sp³-hybridized carbons (Fsp3) is 0.773. The maximum absolute atomic E-state index is 12.9. The molecule has 9 nitrogen and oxygen atoms in total. The zero-order valence-electron chi connectivity index (χ0n) is 55.6. The molecule has 0 aromatic heterocycles. The number of hydrogen-bond donors (Lipinski definition) is 1. The molecular formula is C75H134NO8+. The number of carbonyl (C=O) groups excluding carboxylic acids is 2. The molecule has 486 valence electrons. The van der Waals surface area contributed by atoms with Crippen molar-refractivity contribution in [3.8, 4) is 0 Å². The van der Waals surface area contributed by atoms with Crippen molar-refractivity contribution in [3.05, 3.63) is 85.1 Å². The first-order chi connectivity index (χ1) is 41.1. The molecule has 0 saturated carbocycles. The Morgan fingerprint density at radius 1 is 0.369 bits per heavy atom. The fourth-order valence-corrected chi connectivity index (χ4v) is 10.1. The Morgan fingerprint density at radius 3 is 1.01 bits per heavy atom. The van der Waals surface area contributed by atoms with Crippen molar-refractivity contribution >= 4 is 17.9 Å². The average molecular weight is 1180 g/mol. The number of hydrogen-bond acceptors (Lipinski definition) is 7. The number of carboxylic acids is 1. The number of aliphatic carboxylic acids is 1. The third kappa shape index (κ3) is 66.0. The van der Waals surface area contributed by atoms with E-state index in [1.54, 1.807) is 0 Å². The molecule has 2 atom stereocenters. The van der Waals surface area contributed by atoms with Crippen LogP contribution in [0.2, 0.25) is 0 Å². The molecule has 84 heavy (non-hydrogen) atoms. The molecule has 2 unspecified atom stereocenters. The number of quaternary nitrogens is 1. The summed E-state index contributed by atoms with van der Waals surface area (Å²) in [4.78, 5) is 37.6. The van der Waals surface area contributed by atoms with Crippen LogP contribution in [0.5, 0.6) is 0 Å². The van der Waals surface area contributed by atoms with Gasteiger partial charge in [0.1, 0.15) is 13.2 Å². The molecule has 0 aromatic carbocycles. The van der Waals surface area contributed by atoms with Crippen molar-refractivity contribution in [1.29, 1.82) is 0 Å². The van der Waals surface area contributed by atoms with Crippen LogP contribution in [0.4, 0.5) is 0 Å². The predicted molar refractivity (Wildman–Crippen MR) is 359 cm³/mol. The average Bonchev–Trinajstić information content (AvgIpc) is 3.55. The quantitative estimate of drug-likeness (QED) is 0.0211. The van der Waals surface area contributed by atoms with Gasteiger partial charge < -0.3 is 28.5 Å². The molecule has 0 aromatic rings. The minimum atomic E-state index is -1.52. The normalized spacial score (nSPS) is 13.2. The minimum Gasteiger partial charge on any atom is -0.477 e. The van der Waals surface area contributed by atoms with Crippen molar-refractivity contribution in [2.75, 3.05) is 47.5 Å². The Hall–Kier alpha value is -3.53. The molecule has 0 amide bonds. The summed E-state index contributed by atoms with van der Waals surface area (Å²) < 4.78 is 23.0. The lowest BCUT2D eigenvalue weighted by atomic mass is 10.0. The lowest BCUT2D eigenvalue weighted by Crippen LogP contribution is -2.40. The molecule has 0 spiro atoms. The van der Waals surface area contributed by atoms with Gasteiger partial charge in [-0.25, -0.2) is 4.79 Å². The van der Waals surface area contributed by atoms with E-state index in [0.717, 1.165) is 89.9 Å². The lowest BCUT2D eigenvalue weighted by Gasteiger charge is -2.25. The Labute approximate surface area is 519 Å². The van der Waals surface area contributed by atoms with Crippen LogP contribution in [0.25, 0.3) is 0 Å². The van der Waals surface area contributed by atoms with Crippen molar-refractivity contribution in [1.82, 2.24) is 0 Å². The smallest absolute Gasteiger partial charge is 0.361 e. The molecule has 0 aliphatic carbocycles. The number of esters is 2. The SMILES string of the molecule is CC/C=C\C/C=C\C/C=C\C/C=C\C/C=C\C/C=C\C/C=C\CCCCCCCCCC(=O)OC(COC(=O)CCCCCCCCCCCCCCCCCCCCCCCCCCCCCCCC)COC(OCC[N+](C)(C)C)C(=O)O. The largest absolute Gasteiger partial charge is 0.477 e.